The van der Waals surface area contributed by atoms with Gasteiger partial charge in [0, 0.05) is 31.7 Å². The highest BCUT2D eigenvalue weighted by Crippen LogP contribution is 2.26. The molecule has 0 bridgehead atoms. The average molecular weight is 240 g/mol. The van der Waals surface area contributed by atoms with Crippen molar-refractivity contribution in [3.8, 4) is 0 Å². The van der Waals surface area contributed by atoms with Crippen LogP contribution in [0.5, 0.6) is 0 Å². The molecule has 1 heterocycles. The van der Waals surface area contributed by atoms with Gasteiger partial charge in [0.25, 0.3) is 0 Å². The van der Waals surface area contributed by atoms with Crippen LogP contribution >= 0.6 is 0 Å². The summed E-state index contributed by atoms with van der Waals surface area (Å²) in [7, 11) is 0. The third-order valence-electron chi connectivity index (χ3n) is 4.33. The van der Waals surface area contributed by atoms with E-state index in [1.807, 2.05) is 0 Å². The first-order valence-corrected chi connectivity index (χ1v) is 7.52. The van der Waals surface area contributed by atoms with Gasteiger partial charge in [0.1, 0.15) is 0 Å². The molecule has 1 rings (SSSR count). The minimum Gasteiger partial charge on any atom is -0.313 e. The van der Waals surface area contributed by atoms with Crippen molar-refractivity contribution in [3.05, 3.63) is 0 Å². The van der Waals surface area contributed by atoms with Gasteiger partial charge in [-0.15, -0.1) is 0 Å². The Morgan fingerprint density at radius 1 is 1.29 bits per heavy atom. The Morgan fingerprint density at radius 3 is 2.65 bits per heavy atom. The van der Waals surface area contributed by atoms with E-state index in [0.717, 1.165) is 24.4 Å². The first kappa shape index (κ1) is 15.0. The maximum Gasteiger partial charge on any atom is 0.0110 e. The topological polar surface area (TPSA) is 15.3 Å². The molecular weight excluding hydrogens is 208 g/mol. The standard InChI is InChI=1S/C15H32N2/c1-6-7-14(4)16-8-9-17-11-12(2)10-13(3)15(17)5/h12-16H,6-11H2,1-5H3. The molecule has 1 saturated heterocycles. The molecule has 0 amide bonds. The first-order valence-electron chi connectivity index (χ1n) is 7.52. The molecule has 0 aliphatic carbocycles. The van der Waals surface area contributed by atoms with Crippen LogP contribution in [-0.4, -0.2) is 36.6 Å². The van der Waals surface area contributed by atoms with Crippen LogP contribution < -0.4 is 5.32 Å². The monoisotopic (exact) mass is 240 g/mol. The molecule has 0 spiro atoms. The van der Waals surface area contributed by atoms with E-state index in [4.69, 9.17) is 0 Å². The van der Waals surface area contributed by atoms with E-state index in [-0.39, 0.29) is 0 Å². The Hall–Kier alpha value is -0.0800. The van der Waals surface area contributed by atoms with Gasteiger partial charge in [-0.3, -0.25) is 4.90 Å². The number of nitrogens with one attached hydrogen (secondary N) is 1. The maximum atomic E-state index is 3.64. The quantitative estimate of drug-likeness (QED) is 0.767. The molecule has 0 aromatic heterocycles. The molecule has 4 unspecified atom stereocenters. The highest BCUT2D eigenvalue weighted by atomic mass is 15.2. The number of hydrogen-bond acceptors (Lipinski definition) is 2. The van der Waals surface area contributed by atoms with Crippen LogP contribution in [-0.2, 0) is 0 Å². The van der Waals surface area contributed by atoms with Crippen molar-refractivity contribution in [2.45, 2.75) is 66.0 Å². The third-order valence-corrected chi connectivity index (χ3v) is 4.33. The van der Waals surface area contributed by atoms with Gasteiger partial charge in [-0.25, -0.2) is 0 Å². The van der Waals surface area contributed by atoms with Crippen LogP contribution in [0.4, 0.5) is 0 Å². The largest absolute Gasteiger partial charge is 0.313 e. The van der Waals surface area contributed by atoms with Crippen LogP contribution in [0.1, 0.15) is 53.9 Å². The number of piperidine rings is 1. The van der Waals surface area contributed by atoms with E-state index in [2.05, 4.69) is 44.8 Å². The smallest absolute Gasteiger partial charge is 0.0110 e. The molecule has 0 radical (unpaired) electrons. The highest BCUT2D eigenvalue weighted by Gasteiger charge is 2.28. The molecule has 4 atom stereocenters. The predicted molar refractivity (Wildman–Crippen MR) is 76.4 cm³/mol. The Balaban J connectivity index is 2.25. The van der Waals surface area contributed by atoms with Gasteiger partial charge in [-0.05, 0) is 38.5 Å². The summed E-state index contributed by atoms with van der Waals surface area (Å²) in [5.41, 5.74) is 0. The highest BCUT2D eigenvalue weighted by molar-refractivity contribution is 4.82. The summed E-state index contributed by atoms with van der Waals surface area (Å²) in [6.45, 7) is 15.4. The summed E-state index contributed by atoms with van der Waals surface area (Å²) in [6.07, 6.45) is 3.97. The SMILES string of the molecule is CCCC(C)NCCN1CC(C)CC(C)C1C. The van der Waals surface area contributed by atoms with Gasteiger partial charge in [-0.1, -0.05) is 27.2 Å². The number of nitrogens with zero attached hydrogens (tertiary/aromatic N) is 1. The lowest BCUT2D eigenvalue weighted by atomic mass is 9.86. The third kappa shape index (κ3) is 4.97. The van der Waals surface area contributed by atoms with E-state index in [0.29, 0.717) is 6.04 Å². The molecule has 0 saturated carbocycles. The fourth-order valence-corrected chi connectivity index (χ4v) is 3.12. The van der Waals surface area contributed by atoms with E-state index in [1.165, 1.54) is 32.4 Å². The summed E-state index contributed by atoms with van der Waals surface area (Å²) in [5, 5.41) is 3.64. The average Bonchev–Trinajstić information content (AvgIpc) is 2.25. The van der Waals surface area contributed by atoms with Crippen LogP contribution in [0.25, 0.3) is 0 Å². The molecule has 0 aromatic rings. The summed E-state index contributed by atoms with van der Waals surface area (Å²) in [6, 6.07) is 1.43. The molecule has 1 aliphatic heterocycles. The van der Waals surface area contributed by atoms with Crippen molar-refractivity contribution in [1.29, 1.82) is 0 Å². The molecule has 2 nitrogen and oxygen atoms in total. The van der Waals surface area contributed by atoms with Gasteiger partial charge in [0.05, 0.1) is 0 Å². The Labute approximate surface area is 108 Å². The zero-order valence-electron chi connectivity index (χ0n) is 12.5. The van der Waals surface area contributed by atoms with Crippen molar-refractivity contribution in [1.82, 2.24) is 10.2 Å². The van der Waals surface area contributed by atoms with E-state index >= 15 is 0 Å². The molecule has 1 N–H and O–H groups in total. The van der Waals surface area contributed by atoms with Crippen LogP contribution in [0.3, 0.4) is 0 Å². The van der Waals surface area contributed by atoms with E-state index in [9.17, 15) is 0 Å². The lowest BCUT2D eigenvalue weighted by Crippen LogP contribution is -2.48. The first-order chi connectivity index (χ1) is 8.04. The lowest BCUT2D eigenvalue weighted by molar-refractivity contribution is 0.0800. The Bertz CT molecular complexity index is 205. The fourth-order valence-electron chi connectivity index (χ4n) is 3.12. The Kier molecular flexibility index (Phi) is 6.50. The van der Waals surface area contributed by atoms with Crippen molar-refractivity contribution >= 4 is 0 Å². The summed E-state index contributed by atoms with van der Waals surface area (Å²) in [5.74, 6) is 1.72. The maximum absolute atomic E-state index is 3.64. The van der Waals surface area contributed by atoms with Crippen molar-refractivity contribution < 1.29 is 0 Å². The van der Waals surface area contributed by atoms with Crippen molar-refractivity contribution in [2.75, 3.05) is 19.6 Å². The zero-order chi connectivity index (χ0) is 12.8. The number of rotatable bonds is 6. The summed E-state index contributed by atoms with van der Waals surface area (Å²) >= 11 is 0. The van der Waals surface area contributed by atoms with Crippen LogP contribution in [0.15, 0.2) is 0 Å². The minimum atomic E-state index is 0.676. The molecule has 1 fully saturated rings. The molecule has 102 valence electrons. The van der Waals surface area contributed by atoms with E-state index < -0.39 is 0 Å². The Morgan fingerprint density at radius 2 is 2.00 bits per heavy atom. The lowest BCUT2D eigenvalue weighted by Gasteiger charge is -2.41. The second-order valence-electron chi connectivity index (χ2n) is 6.20. The molecular formula is C15H32N2. The summed E-state index contributed by atoms with van der Waals surface area (Å²) < 4.78 is 0. The van der Waals surface area contributed by atoms with Gasteiger partial charge in [0.2, 0.25) is 0 Å². The van der Waals surface area contributed by atoms with Crippen LogP contribution in [0.2, 0.25) is 0 Å². The van der Waals surface area contributed by atoms with Crippen LogP contribution in [0, 0.1) is 11.8 Å². The van der Waals surface area contributed by atoms with Crippen molar-refractivity contribution in [2.24, 2.45) is 11.8 Å². The van der Waals surface area contributed by atoms with Gasteiger partial charge in [-0.2, -0.15) is 0 Å². The summed E-state index contributed by atoms with van der Waals surface area (Å²) in [4.78, 5) is 2.67. The number of hydrogen-bond donors (Lipinski definition) is 1. The van der Waals surface area contributed by atoms with E-state index in [1.54, 1.807) is 0 Å². The predicted octanol–water partition coefficient (Wildman–Crippen LogP) is 3.13. The van der Waals surface area contributed by atoms with Gasteiger partial charge in [0.15, 0.2) is 0 Å². The minimum absolute atomic E-state index is 0.676. The molecule has 0 aromatic carbocycles. The zero-order valence-corrected chi connectivity index (χ0v) is 12.5. The molecule has 2 heteroatoms. The number of likely N-dealkylation sites (tertiary alicyclic amines) is 1. The molecule has 1 aliphatic rings. The van der Waals surface area contributed by atoms with Gasteiger partial charge < -0.3 is 5.32 Å². The normalized spacial score (nSPS) is 32.6. The van der Waals surface area contributed by atoms with Gasteiger partial charge >= 0.3 is 0 Å². The molecule has 17 heavy (non-hydrogen) atoms. The van der Waals surface area contributed by atoms with Crippen molar-refractivity contribution in [3.63, 3.8) is 0 Å². The second kappa shape index (κ2) is 7.38. The fraction of sp³-hybridized carbons (Fsp3) is 1.00. The second-order valence-corrected chi connectivity index (χ2v) is 6.20.